The molecule has 0 bridgehead atoms. The first-order valence-corrected chi connectivity index (χ1v) is 10.9. The maximum atomic E-state index is 12.5. The molecular formula is C21H22N4OS2. The standard InChI is InChI=1S/C21H22N4OS2/c1-11-13(3)27-20-17(11)19(26)24-18(25-20)14(4)28-21-22-12(2)16(23-21)10-15-8-6-5-7-9-15/h5-9,14H,10H2,1-4H3,(H,22,23)(H,24,25,26)/t14-/m0/s1. The number of hydrogen-bond donors (Lipinski definition) is 2. The molecule has 0 saturated heterocycles. The van der Waals surface area contributed by atoms with Crippen molar-refractivity contribution in [2.75, 3.05) is 0 Å². The zero-order valence-electron chi connectivity index (χ0n) is 16.3. The minimum absolute atomic E-state index is 0.0186. The average molecular weight is 411 g/mol. The van der Waals surface area contributed by atoms with E-state index in [9.17, 15) is 4.79 Å². The summed E-state index contributed by atoms with van der Waals surface area (Å²) in [6.07, 6.45) is 0.799. The Morgan fingerprint density at radius 1 is 1.11 bits per heavy atom. The lowest BCUT2D eigenvalue weighted by Gasteiger charge is -2.08. The number of nitrogens with zero attached hydrogens (tertiary/aromatic N) is 2. The highest BCUT2D eigenvalue weighted by molar-refractivity contribution is 7.99. The van der Waals surface area contributed by atoms with Gasteiger partial charge in [-0.25, -0.2) is 9.97 Å². The summed E-state index contributed by atoms with van der Waals surface area (Å²) in [6.45, 7) is 8.09. The third-order valence-corrected chi connectivity index (χ3v) is 7.00. The zero-order valence-corrected chi connectivity index (χ0v) is 17.9. The Morgan fingerprint density at radius 2 is 1.86 bits per heavy atom. The van der Waals surface area contributed by atoms with Gasteiger partial charge >= 0.3 is 0 Å². The third kappa shape index (κ3) is 3.64. The van der Waals surface area contributed by atoms with Gasteiger partial charge in [0.2, 0.25) is 0 Å². The molecule has 28 heavy (non-hydrogen) atoms. The molecule has 0 aliphatic carbocycles. The van der Waals surface area contributed by atoms with Gasteiger partial charge in [0.1, 0.15) is 10.7 Å². The van der Waals surface area contributed by atoms with Crippen molar-refractivity contribution in [1.29, 1.82) is 0 Å². The topological polar surface area (TPSA) is 74.4 Å². The Bertz CT molecular complexity index is 1190. The lowest BCUT2D eigenvalue weighted by molar-refractivity contribution is 0.911. The first kappa shape index (κ1) is 19.0. The van der Waals surface area contributed by atoms with E-state index in [4.69, 9.17) is 9.97 Å². The van der Waals surface area contributed by atoms with Crippen LogP contribution in [0.4, 0.5) is 0 Å². The van der Waals surface area contributed by atoms with Gasteiger partial charge in [-0.05, 0) is 38.8 Å². The second-order valence-electron chi connectivity index (χ2n) is 6.95. The minimum atomic E-state index is -0.0605. The number of nitrogens with one attached hydrogen (secondary N) is 2. The van der Waals surface area contributed by atoms with Crippen LogP contribution in [0.5, 0.6) is 0 Å². The van der Waals surface area contributed by atoms with E-state index in [-0.39, 0.29) is 10.8 Å². The Balaban J connectivity index is 1.57. The smallest absolute Gasteiger partial charge is 0.259 e. The number of aryl methyl sites for hydroxylation is 3. The number of thioether (sulfide) groups is 1. The quantitative estimate of drug-likeness (QED) is 0.450. The Hall–Kier alpha value is -2.38. The van der Waals surface area contributed by atoms with E-state index >= 15 is 0 Å². The molecule has 3 aromatic heterocycles. The molecule has 1 atom stereocenters. The second kappa shape index (κ2) is 7.56. The van der Waals surface area contributed by atoms with E-state index in [1.807, 2.05) is 45.9 Å². The first-order valence-electron chi connectivity index (χ1n) is 9.18. The summed E-state index contributed by atoms with van der Waals surface area (Å²) in [6, 6.07) is 10.3. The van der Waals surface area contributed by atoms with Crippen LogP contribution in [-0.2, 0) is 6.42 Å². The molecule has 0 amide bonds. The van der Waals surface area contributed by atoms with Crippen LogP contribution in [0.25, 0.3) is 10.2 Å². The minimum Gasteiger partial charge on any atom is -0.337 e. The van der Waals surface area contributed by atoms with Gasteiger partial charge in [-0.2, -0.15) is 0 Å². The van der Waals surface area contributed by atoms with Crippen LogP contribution < -0.4 is 5.56 Å². The number of imidazole rings is 1. The summed E-state index contributed by atoms with van der Waals surface area (Å²) in [7, 11) is 0. The molecule has 3 heterocycles. The monoisotopic (exact) mass is 410 g/mol. The number of hydrogen-bond acceptors (Lipinski definition) is 5. The molecule has 0 aliphatic rings. The van der Waals surface area contributed by atoms with Gasteiger partial charge in [-0.3, -0.25) is 4.79 Å². The second-order valence-corrected chi connectivity index (χ2v) is 9.48. The fraction of sp³-hybridized carbons (Fsp3) is 0.286. The summed E-state index contributed by atoms with van der Waals surface area (Å²) in [5.74, 6) is 0.683. The van der Waals surface area contributed by atoms with Crippen molar-refractivity contribution in [2.45, 2.75) is 44.5 Å². The maximum absolute atomic E-state index is 12.5. The van der Waals surface area contributed by atoms with Gasteiger partial charge in [0, 0.05) is 17.0 Å². The van der Waals surface area contributed by atoms with Crippen LogP contribution in [0.1, 0.15) is 45.4 Å². The van der Waals surface area contributed by atoms with Crippen molar-refractivity contribution >= 4 is 33.3 Å². The van der Waals surface area contributed by atoms with Crippen molar-refractivity contribution in [3.8, 4) is 0 Å². The molecule has 144 valence electrons. The fourth-order valence-electron chi connectivity index (χ4n) is 3.17. The summed E-state index contributed by atoms with van der Waals surface area (Å²) in [5.41, 5.74) is 4.31. The Kier molecular flexibility index (Phi) is 5.12. The molecule has 0 unspecified atom stereocenters. The molecule has 0 saturated carbocycles. The lowest BCUT2D eigenvalue weighted by Crippen LogP contribution is -2.12. The largest absolute Gasteiger partial charge is 0.337 e. The van der Waals surface area contributed by atoms with Crippen molar-refractivity contribution < 1.29 is 0 Å². The summed E-state index contributed by atoms with van der Waals surface area (Å²) >= 11 is 3.15. The van der Waals surface area contributed by atoms with Gasteiger partial charge < -0.3 is 9.97 Å². The van der Waals surface area contributed by atoms with Gasteiger partial charge in [-0.1, -0.05) is 42.1 Å². The molecule has 0 fully saturated rings. The normalized spacial score (nSPS) is 12.6. The van der Waals surface area contributed by atoms with Crippen LogP contribution in [0.2, 0.25) is 0 Å². The van der Waals surface area contributed by atoms with Gasteiger partial charge in [0.05, 0.1) is 16.3 Å². The van der Waals surface area contributed by atoms with E-state index in [1.165, 1.54) is 5.56 Å². The summed E-state index contributed by atoms with van der Waals surface area (Å²) < 4.78 is 0. The highest BCUT2D eigenvalue weighted by Crippen LogP contribution is 2.33. The van der Waals surface area contributed by atoms with Crippen molar-refractivity contribution in [3.63, 3.8) is 0 Å². The molecule has 1 aromatic carbocycles. The fourth-order valence-corrected chi connectivity index (χ4v) is 5.14. The summed E-state index contributed by atoms with van der Waals surface area (Å²) in [5, 5.41) is 1.54. The van der Waals surface area contributed by atoms with Crippen LogP contribution in [0.15, 0.2) is 40.3 Å². The van der Waals surface area contributed by atoms with E-state index < -0.39 is 0 Å². The van der Waals surface area contributed by atoms with E-state index in [2.05, 4.69) is 22.1 Å². The number of aromatic amines is 2. The van der Waals surface area contributed by atoms with Crippen LogP contribution in [0, 0.1) is 20.8 Å². The van der Waals surface area contributed by atoms with Gasteiger partial charge in [0.15, 0.2) is 5.16 Å². The summed E-state index contributed by atoms with van der Waals surface area (Å²) in [4.78, 5) is 30.3. The number of aromatic nitrogens is 4. The Labute approximate surface area is 171 Å². The highest BCUT2D eigenvalue weighted by Gasteiger charge is 2.18. The molecule has 2 N–H and O–H groups in total. The molecule has 5 nitrogen and oxygen atoms in total. The van der Waals surface area contributed by atoms with Crippen molar-refractivity contribution in [3.05, 3.63) is 73.9 Å². The molecule has 7 heteroatoms. The van der Waals surface area contributed by atoms with E-state index in [0.717, 1.165) is 38.2 Å². The third-order valence-electron chi connectivity index (χ3n) is 4.91. The predicted octanol–water partition coefficient (Wildman–Crippen LogP) is 5.08. The van der Waals surface area contributed by atoms with Crippen LogP contribution in [0.3, 0.4) is 0 Å². The Morgan fingerprint density at radius 3 is 2.61 bits per heavy atom. The molecule has 0 aliphatic heterocycles. The van der Waals surface area contributed by atoms with E-state index in [1.54, 1.807) is 23.1 Å². The number of rotatable bonds is 5. The number of fused-ring (bicyclic) bond motifs is 1. The molecule has 0 radical (unpaired) electrons. The lowest BCUT2D eigenvalue weighted by atomic mass is 10.1. The SMILES string of the molecule is Cc1[nH]c(S[C@@H](C)c2nc3sc(C)c(C)c3c(=O)[nH]2)nc1Cc1ccccc1. The van der Waals surface area contributed by atoms with E-state index in [0.29, 0.717) is 11.2 Å². The number of H-pyrrole nitrogens is 2. The zero-order chi connectivity index (χ0) is 19.8. The first-order chi connectivity index (χ1) is 13.4. The van der Waals surface area contributed by atoms with Crippen LogP contribution in [-0.4, -0.2) is 19.9 Å². The maximum Gasteiger partial charge on any atom is 0.259 e. The van der Waals surface area contributed by atoms with Crippen molar-refractivity contribution in [1.82, 2.24) is 19.9 Å². The van der Waals surface area contributed by atoms with Crippen LogP contribution >= 0.6 is 23.1 Å². The molecule has 4 aromatic rings. The number of thiophene rings is 1. The number of benzene rings is 1. The predicted molar refractivity (Wildman–Crippen MR) is 117 cm³/mol. The van der Waals surface area contributed by atoms with Crippen molar-refractivity contribution in [2.24, 2.45) is 0 Å². The average Bonchev–Trinajstić information content (AvgIpc) is 3.15. The molecular weight excluding hydrogens is 388 g/mol. The molecule has 0 spiro atoms. The van der Waals surface area contributed by atoms with Gasteiger partial charge in [0.25, 0.3) is 5.56 Å². The highest BCUT2D eigenvalue weighted by atomic mass is 32.2. The molecule has 4 rings (SSSR count). The van der Waals surface area contributed by atoms with Gasteiger partial charge in [-0.15, -0.1) is 11.3 Å².